The number of carbonyl (C=O) groups is 1. The van der Waals surface area contributed by atoms with E-state index in [1.807, 2.05) is 12.1 Å². The predicted molar refractivity (Wildman–Crippen MR) is 101 cm³/mol. The molecule has 2 aliphatic rings. The average molecular weight is 376 g/mol. The normalized spacial score (nSPS) is 22.1. The van der Waals surface area contributed by atoms with Crippen LogP contribution in [0.1, 0.15) is 24.9 Å². The van der Waals surface area contributed by atoms with Gasteiger partial charge in [-0.1, -0.05) is 12.1 Å². The van der Waals surface area contributed by atoms with Gasteiger partial charge in [0.15, 0.2) is 0 Å². The zero-order valence-corrected chi connectivity index (χ0v) is 15.6. The van der Waals surface area contributed by atoms with Crippen molar-refractivity contribution in [1.29, 1.82) is 0 Å². The first-order valence-corrected chi connectivity index (χ1v) is 8.17. The summed E-state index contributed by atoms with van der Waals surface area (Å²) >= 11 is 0. The number of amides is 1. The Bertz CT molecular complexity index is 501. The molecule has 2 aliphatic heterocycles. The van der Waals surface area contributed by atoms with Gasteiger partial charge in [0.2, 0.25) is 5.91 Å². The minimum absolute atomic E-state index is 0. The van der Waals surface area contributed by atoms with Crippen molar-refractivity contribution in [3.63, 3.8) is 0 Å². The van der Waals surface area contributed by atoms with Crippen LogP contribution in [0.2, 0.25) is 0 Å². The molecule has 0 bridgehead atoms. The van der Waals surface area contributed by atoms with Gasteiger partial charge in [0.05, 0.1) is 19.1 Å². The van der Waals surface area contributed by atoms with Crippen LogP contribution in [0.15, 0.2) is 24.3 Å². The monoisotopic (exact) mass is 375 g/mol. The molecule has 1 aromatic carbocycles. The maximum absolute atomic E-state index is 12.1. The van der Waals surface area contributed by atoms with E-state index < -0.39 is 0 Å². The molecule has 2 heterocycles. The number of nitrogens with one attached hydrogen (secondary N) is 2. The molecule has 0 radical (unpaired) electrons. The highest BCUT2D eigenvalue weighted by molar-refractivity contribution is 5.92. The van der Waals surface area contributed by atoms with Crippen LogP contribution in [0.5, 0.6) is 0 Å². The number of carbonyl (C=O) groups excluding carboxylic acids is 1. The van der Waals surface area contributed by atoms with Crippen LogP contribution in [0, 0.1) is 5.92 Å². The number of anilines is 1. The summed E-state index contributed by atoms with van der Waals surface area (Å²) in [6.07, 6.45) is 0.929. The SMILES string of the molecule is CC(c1ccc(NC(=O)C2CCNC2)cc1)N1CCOCC1.Cl.Cl. The molecule has 136 valence electrons. The standard InChI is InChI=1S/C17H25N3O2.2ClH/c1-13(20-8-10-22-11-9-20)14-2-4-16(5-3-14)19-17(21)15-6-7-18-12-15;;/h2-5,13,15,18H,6-12H2,1H3,(H,19,21);2*1H. The van der Waals surface area contributed by atoms with E-state index in [9.17, 15) is 4.79 Å². The molecule has 0 aliphatic carbocycles. The molecule has 7 heteroatoms. The molecule has 24 heavy (non-hydrogen) atoms. The Balaban J connectivity index is 0.00000144. The number of nitrogens with zero attached hydrogens (tertiary/aromatic N) is 1. The van der Waals surface area contributed by atoms with Crippen molar-refractivity contribution in [2.45, 2.75) is 19.4 Å². The van der Waals surface area contributed by atoms with Crippen molar-refractivity contribution in [1.82, 2.24) is 10.2 Å². The van der Waals surface area contributed by atoms with E-state index >= 15 is 0 Å². The Kier molecular flexibility index (Phi) is 9.02. The van der Waals surface area contributed by atoms with E-state index in [-0.39, 0.29) is 36.6 Å². The largest absolute Gasteiger partial charge is 0.379 e. The van der Waals surface area contributed by atoms with Gasteiger partial charge in [-0.25, -0.2) is 0 Å². The van der Waals surface area contributed by atoms with Crippen LogP contribution in [0.4, 0.5) is 5.69 Å². The zero-order valence-electron chi connectivity index (χ0n) is 14.0. The highest BCUT2D eigenvalue weighted by Gasteiger charge is 2.22. The number of benzene rings is 1. The number of morpholine rings is 1. The summed E-state index contributed by atoms with van der Waals surface area (Å²) in [4.78, 5) is 14.5. The Hall–Kier alpha value is -0.850. The van der Waals surface area contributed by atoms with E-state index in [1.54, 1.807) is 0 Å². The van der Waals surface area contributed by atoms with Crippen molar-refractivity contribution in [2.24, 2.45) is 5.92 Å². The van der Waals surface area contributed by atoms with E-state index in [4.69, 9.17) is 4.74 Å². The van der Waals surface area contributed by atoms with Crippen molar-refractivity contribution in [2.75, 3.05) is 44.7 Å². The molecule has 2 fully saturated rings. The van der Waals surface area contributed by atoms with Crippen molar-refractivity contribution in [3.05, 3.63) is 29.8 Å². The number of hydrogen-bond acceptors (Lipinski definition) is 4. The first-order chi connectivity index (χ1) is 10.7. The third kappa shape index (κ3) is 5.33. The van der Waals surface area contributed by atoms with Crippen LogP contribution in [-0.2, 0) is 9.53 Å². The quantitative estimate of drug-likeness (QED) is 0.848. The number of halogens is 2. The van der Waals surface area contributed by atoms with Crippen LogP contribution in [-0.4, -0.2) is 50.2 Å². The molecule has 2 saturated heterocycles. The molecule has 1 amide bonds. The van der Waals surface area contributed by atoms with E-state index in [2.05, 4.69) is 34.6 Å². The number of ether oxygens (including phenoxy) is 1. The lowest BCUT2D eigenvalue weighted by atomic mass is 10.1. The Morgan fingerprint density at radius 1 is 1.25 bits per heavy atom. The van der Waals surface area contributed by atoms with Crippen molar-refractivity contribution in [3.8, 4) is 0 Å². The molecule has 3 rings (SSSR count). The highest BCUT2D eigenvalue weighted by atomic mass is 35.5. The van der Waals surface area contributed by atoms with Gasteiger partial charge in [0, 0.05) is 31.4 Å². The maximum atomic E-state index is 12.1. The predicted octanol–water partition coefficient (Wildman–Crippen LogP) is 2.47. The summed E-state index contributed by atoms with van der Waals surface area (Å²) in [6.45, 7) is 7.54. The van der Waals surface area contributed by atoms with Crippen LogP contribution in [0.3, 0.4) is 0 Å². The molecule has 5 nitrogen and oxygen atoms in total. The van der Waals surface area contributed by atoms with Gasteiger partial charge >= 0.3 is 0 Å². The summed E-state index contributed by atoms with van der Waals surface area (Å²) in [5.74, 6) is 0.228. The third-order valence-electron chi connectivity index (χ3n) is 4.69. The zero-order chi connectivity index (χ0) is 15.4. The summed E-state index contributed by atoms with van der Waals surface area (Å²) in [6, 6.07) is 8.62. The molecule has 0 spiro atoms. The number of rotatable bonds is 4. The summed E-state index contributed by atoms with van der Waals surface area (Å²) in [5.41, 5.74) is 2.16. The summed E-state index contributed by atoms with van der Waals surface area (Å²) in [5, 5.41) is 6.24. The van der Waals surface area contributed by atoms with Gasteiger partial charge in [-0.3, -0.25) is 9.69 Å². The molecular formula is C17H27Cl2N3O2. The van der Waals surface area contributed by atoms with Gasteiger partial charge in [0.25, 0.3) is 0 Å². The first-order valence-electron chi connectivity index (χ1n) is 8.17. The van der Waals surface area contributed by atoms with Gasteiger partial charge in [-0.15, -0.1) is 24.8 Å². The maximum Gasteiger partial charge on any atom is 0.228 e. The highest BCUT2D eigenvalue weighted by Crippen LogP contribution is 2.23. The molecule has 0 saturated carbocycles. The van der Waals surface area contributed by atoms with E-state index in [0.717, 1.165) is 51.5 Å². The average Bonchev–Trinajstić information content (AvgIpc) is 3.10. The van der Waals surface area contributed by atoms with Crippen molar-refractivity contribution < 1.29 is 9.53 Å². The summed E-state index contributed by atoms with van der Waals surface area (Å²) < 4.78 is 5.40. The smallest absolute Gasteiger partial charge is 0.228 e. The topological polar surface area (TPSA) is 53.6 Å². The lowest BCUT2D eigenvalue weighted by Crippen LogP contribution is -2.38. The first kappa shape index (κ1) is 21.2. The van der Waals surface area contributed by atoms with Crippen LogP contribution < -0.4 is 10.6 Å². The van der Waals surface area contributed by atoms with E-state index in [0.29, 0.717) is 6.04 Å². The van der Waals surface area contributed by atoms with Gasteiger partial charge in [-0.2, -0.15) is 0 Å². The van der Waals surface area contributed by atoms with Gasteiger partial charge in [0.1, 0.15) is 0 Å². The second-order valence-electron chi connectivity index (χ2n) is 6.13. The van der Waals surface area contributed by atoms with Gasteiger partial charge in [-0.05, 0) is 37.6 Å². The minimum Gasteiger partial charge on any atom is -0.379 e. The van der Waals surface area contributed by atoms with Crippen LogP contribution in [0.25, 0.3) is 0 Å². The fourth-order valence-electron chi connectivity index (χ4n) is 3.14. The lowest BCUT2D eigenvalue weighted by Gasteiger charge is -2.32. The van der Waals surface area contributed by atoms with Crippen molar-refractivity contribution >= 4 is 36.4 Å². The Labute approximate surface area is 156 Å². The second-order valence-corrected chi connectivity index (χ2v) is 6.13. The molecule has 2 unspecified atom stereocenters. The van der Waals surface area contributed by atoms with Crippen LogP contribution >= 0.6 is 24.8 Å². The fourth-order valence-corrected chi connectivity index (χ4v) is 3.14. The lowest BCUT2D eigenvalue weighted by molar-refractivity contribution is -0.119. The minimum atomic E-state index is 0. The Morgan fingerprint density at radius 2 is 1.92 bits per heavy atom. The third-order valence-corrected chi connectivity index (χ3v) is 4.69. The Morgan fingerprint density at radius 3 is 2.50 bits per heavy atom. The van der Waals surface area contributed by atoms with Gasteiger partial charge < -0.3 is 15.4 Å². The molecule has 2 N–H and O–H groups in total. The number of hydrogen-bond donors (Lipinski definition) is 2. The second kappa shape index (κ2) is 10.2. The molecule has 1 aromatic rings. The summed E-state index contributed by atoms with van der Waals surface area (Å²) in [7, 11) is 0. The van der Waals surface area contributed by atoms with E-state index in [1.165, 1.54) is 5.56 Å². The fraction of sp³-hybridized carbons (Fsp3) is 0.588. The molecule has 0 aromatic heterocycles. The molecular weight excluding hydrogens is 349 g/mol. The molecule has 2 atom stereocenters.